The monoisotopic (exact) mass is 303 g/mol. The van der Waals surface area contributed by atoms with E-state index in [1.54, 1.807) is 13.3 Å². The van der Waals surface area contributed by atoms with Crippen LogP contribution in [0.1, 0.15) is 37.8 Å². The molecule has 2 aliphatic rings. The lowest BCUT2D eigenvalue weighted by Gasteiger charge is -2.32. The van der Waals surface area contributed by atoms with E-state index in [-0.39, 0.29) is 6.04 Å². The molecule has 2 fully saturated rings. The van der Waals surface area contributed by atoms with Crippen molar-refractivity contribution in [1.29, 1.82) is 0 Å². The van der Waals surface area contributed by atoms with Crippen molar-refractivity contribution in [2.45, 2.75) is 44.7 Å². The maximum atomic E-state index is 12.8. The minimum atomic E-state index is 0.0334. The van der Waals surface area contributed by atoms with Gasteiger partial charge in [-0.15, -0.1) is 0 Å². The van der Waals surface area contributed by atoms with Gasteiger partial charge < -0.3 is 9.64 Å². The summed E-state index contributed by atoms with van der Waals surface area (Å²) in [5.74, 6) is 1.14. The third-order valence-corrected chi connectivity index (χ3v) is 4.71. The average Bonchev–Trinajstić information content (AvgIpc) is 3.03. The highest BCUT2D eigenvalue weighted by atomic mass is 16.5. The normalized spacial score (nSPS) is 22.8. The molecule has 22 heavy (non-hydrogen) atoms. The highest BCUT2D eigenvalue weighted by Gasteiger charge is 2.34. The molecule has 0 N–H and O–H groups in total. The molecule has 3 heterocycles. The van der Waals surface area contributed by atoms with Gasteiger partial charge in [0.1, 0.15) is 5.75 Å². The molecule has 0 spiro atoms. The smallest absolute Gasteiger partial charge is 0.239 e. The molecule has 1 atom stereocenters. The van der Waals surface area contributed by atoms with Crippen LogP contribution in [0, 0.1) is 0 Å². The molecule has 1 amide bonds. The summed E-state index contributed by atoms with van der Waals surface area (Å²) in [7, 11) is 1.66. The molecular weight excluding hydrogens is 278 g/mol. The number of rotatable bonds is 4. The molecule has 3 rings (SSSR count). The zero-order valence-electron chi connectivity index (χ0n) is 13.3. The molecule has 120 valence electrons. The van der Waals surface area contributed by atoms with Crippen molar-refractivity contribution in [1.82, 2.24) is 14.8 Å². The lowest BCUT2D eigenvalue weighted by atomic mass is 10.1. The van der Waals surface area contributed by atoms with Crippen LogP contribution in [0.15, 0.2) is 18.3 Å². The van der Waals surface area contributed by atoms with E-state index < -0.39 is 0 Å². The minimum absolute atomic E-state index is 0.0334. The maximum Gasteiger partial charge on any atom is 0.239 e. The van der Waals surface area contributed by atoms with E-state index >= 15 is 0 Å². The predicted octanol–water partition coefficient (Wildman–Crippen LogP) is 2.07. The fourth-order valence-corrected chi connectivity index (χ4v) is 3.50. The number of hydrogen-bond acceptors (Lipinski definition) is 4. The van der Waals surface area contributed by atoms with Crippen molar-refractivity contribution in [3.63, 3.8) is 0 Å². The Bertz CT molecular complexity index is 514. The summed E-state index contributed by atoms with van der Waals surface area (Å²) in [6.07, 6.45) is 7.39. The molecule has 5 nitrogen and oxygen atoms in total. The largest absolute Gasteiger partial charge is 0.497 e. The van der Waals surface area contributed by atoms with E-state index in [0.29, 0.717) is 5.91 Å². The van der Waals surface area contributed by atoms with E-state index in [0.717, 1.165) is 63.3 Å². The summed E-state index contributed by atoms with van der Waals surface area (Å²) in [4.78, 5) is 21.5. The van der Waals surface area contributed by atoms with Crippen molar-refractivity contribution in [3.8, 4) is 5.75 Å². The van der Waals surface area contributed by atoms with Crippen LogP contribution in [-0.2, 0) is 11.3 Å². The second kappa shape index (κ2) is 7.09. The SMILES string of the molecule is COc1ccnc(CN2CCC[C@H]2C(=O)N2CCCCC2)c1. The van der Waals surface area contributed by atoms with Crippen LogP contribution in [0.5, 0.6) is 5.75 Å². The van der Waals surface area contributed by atoms with Gasteiger partial charge in [-0.25, -0.2) is 0 Å². The minimum Gasteiger partial charge on any atom is -0.497 e. The number of ether oxygens (including phenoxy) is 1. The van der Waals surface area contributed by atoms with Gasteiger partial charge in [-0.05, 0) is 44.7 Å². The first-order valence-electron chi connectivity index (χ1n) is 8.29. The Balaban J connectivity index is 1.65. The summed E-state index contributed by atoms with van der Waals surface area (Å²) < 4.78 is 5.26. The van der Waals surface area contributed by atoms with Gasteiger partial charge in [-0.3, -0.25) is 14.7 Å². The van der Waals surface area contributed by atoms with Gasteiger partial charge >= 0.3 is 0 Å². The molecular formula is C17H25N3O2. The van der Waals surface area contributed by atoms with Gasteiger partial charge in [0.25, 0.3) is 0 Å². The van der Waals surface area contributed by atoms with Gasteiger partial charge in [0.2, 0.25) is 5.91 Å². The van der Waals surface area contributed by atoms with Crippen LogP contribution in [0.2, 0.25) is 0 Å². The van der Waals surface area contributed by atoms with Crippen molar-refractivity contribution in [3.05, 3.63) is 24.0 Å². The summed E-state index contributed by atoms with van der Waals surface area (Å²) >= 11 is 0. The first kappa shape index (κ1) is 15.3. The topological polar surface area (TPSA) is 45.7 Å². The van der Waals surface area contributed by atoms with Crippen LogP contribution in [-0.4, -0.2) is 53.5 Å². The van der Waals surface area contributed by atoms with E-state index in [1.807, 2.05) is 12.1 Å². The number of nitrogens with zero attached hydrogens (tertiary/aromatic N) is 3. The summed E-state index contributed by atoms with van der Waals surface area (Å²) in [6, 6.07) is 3.84. The van der Waals surface area contributed by atoms with E-state index in [4.69, 9.17) is 4.74 Å². The van der Waals surface area contributed by atoms with E-state index in [2.05, 4.69) is 14.8 Å². The molecule has 0 aromatic carbocycles. The highest BCUT2D eigenvalue weighted by molar-refractivity contribution is 5.82. The first-order valence-corrected chi connectivity index (χ1v) is 8.29. The molecule has 0 aliphatic carbocycles. The Hall–Kier alpha value is -1.62. The second-order valence-corrected chi connectivity index (χ2v) is 6.20. The predicted molar refractivity (Wildman–Crippen MR) is 84.7 cm³/mol. The fourth-order valence-electron chi connectivity index (χ4n) is 3.50. The second-order valence-electron chi connectivity index (χ2n) is 6.20. The van der Waals surface area contributed by atoms with Crippen LogP contribution >= 0.6 is 0 Å². The van der Waals surface area contributed by atoms with Crippen LogP contribution in [0.25, 0.3) is 0 Å². The lowest BCUT2D eigenvalue weighted by Crippen LogP contribution is -2.47. The number of aromatic nitrogens is 1. The van der Waals surface area contributed by atoms with Gasteiger partial charge in [0.05, 0.1) is 18.8 Å². The quantitative estimate of drug-likeness (QED) is 0.854. The Morgan fingerprint density at radius 1 is 1.27 bits per heavy atom. The summed E-state index contributed by atoms with van der Waals surface area (Å²) in [5.41, 5.74) is 0.970. The lowest BCUT2D eigenvalue weighted by molar-refractivity contribution is -0.137. The third-order valence-electron chi connectivity index (χ3n) is 4.71. The van der Waals surface area contributed by atoms with Gasteiger partial charge in [-0.2, -0.15) is 0 Å². The Kier molecular flexibility index (Phi) is 4.93. The van der Waals surface area contributed by atoms with Gasteiger partial charge in [0.15, 0.2) is 0 Å². The molecule has 1 aromatic rings. The number of hydrogen-bond donors (Lipinski definition) is 0. The van der Waals surface area contributed by atoms with Gasteiger partial charge in [0, 0.05) is 31.9 Å². The standard InChI is InChI=1S/C17H25N3O2/c1-22-15-7-8-18-14(12-15)13-20-11-5-6-16(20)17(21)19-9-3-2-4-10-19/h7-8,12,16H,2-6,9-11,13H2,1H3/t16-/m0/s1. The number of methoxy groups -OCH3 is 1. The molecule has 0 radical (unpaired) electrons. The van der Waals surface area contributed by atoms with Crippen molar-refractivity contribution in [2.75, 3.05) is 26.7 Å². The molecule has 5 heteroatoms. The Morgan fingerprint density at radius 2 is 2.09 bits per heavy atom. The average molecular weight is 303 g/mol. The number of carbonyl (C=O) groups excluding carboxylic acids is 1. The van der Waals surface area contributed by atoms with Crippen LogP contribution in [0.4, 0.5) is 0 Å². The van der Waals surface area contributed by atoms with Crippen LogP contribution in [0.3, 0.4) is 0 Å². The maximum absolute atomic E-state index is 12.8. The third kappa shape index (κ3) is 3.40. The van der Waals surface area contributed by atoms with Crippen LogP contribution < -0.4 is 4.74 Å². The molecule has 2 saturated heterocycles. The Labute approximate surface area is 132 Å². The van der Waals surface area contributed by atoms with Gasteiger partial charge in [-0.1, -0.05) is 0 Å². The fraction of sp³-hybridized carbons (Fsp3) is 0.647. The molecule has 0 unspecified atom stereocenters. The van der Waals surface area contributed by atoms with Crippen molar-refractivity contribution < 1.29 is 9.53 Å². The molecule has 1 aromatic heterocycles. The molecule has 2 aliphatic heterocycles. The van der Waals surface area contributed by atoms with E-state index in [9.17, 15) is 4.79 Å². The highest BCUT2D eigenvalue weighted by Crippen LogP contribution is 2.23. The van der Waals surface area contributed by atoms with E-state index in [1.165, 1.54) is 6.42 Å². The number of carbonyl (C=O) groups is 1. The molecule has 0 saturated carbocycles. The summed E-state index contributed by atoms with van der Waals surface area (Å²) in [5, 5.41) is 0. The zero-order chi connectivity index (χ0) is 15.4. The number of pyridine rings is 1. The number of amides is 1. The Morgan fingerprint density at radius 3 is 2.86 bits per heavy atom. The number of piperidine rings is 1. The zero-order valence-corrected chi connectivity index (χ0v) is 13.3. The summed E-state index contributed by atoms with van der Waals surface area (Å²) in [6.45, 7) is 3.56. The number of likely N-dealkylation sites (tertiary alicyclic amines) is 2. The molecule has 0 bridgehead atoms. The first-order chi connectivity index (χ1) is 10.8. The van der Waals surface area contributed by atoms with Crippen molar-refractivity contribution >= 4 is 5.91 Å². The van der Waals surface area contributed by atoms with Crippen molar-refractivity contribution in [2.24, 2.45) is 0 Å².